The number of carbonyl (C=O) groups is 2. The van der Waals surface area contributed by atoms with Crippen LogP contribution < -0.4 is 10.0 Å². The zero-order chi connectivity index (χ0) is 19.5. The molecule has 1 aromatic carbocycles. The van der Waals surface area contributed by atoms with Gasteiger partial charge in [-0.3, -0.25) is 4.79 Å². The number of amides is 1. The highest BCUT2D eigenvalue weighted by atomic mass is 32.2. The molecular formula is C17H24N2O6S. The van der Waals surface area contributed by atoms with Gasteiger partial charge in [0.25, 0.3) is 5.91 Å². The Morgan fingerprint density at radius 1 is 1.27 bits per heavy atom. The van der Waals surface area contributed by atoms with E-state index in [0.29, 0.717) is 5.56 Å². The van der Waals surface area contributed by atoms with Crippen molar-refractivity contribution in [2.75, 3.05) is 6.54 Å². The molecule has 1 aromatic rings. The number of aryl methyl sites for hydroxylation is 1. The first-order valence-corrected chi connectivity index (χ1v) is 9.88. The summed E-state index contributed by atoms with van der Waals surface area (Å²) < 4.78 is 27.9. The van der Waals surface area contributed by atoms with Crippen LogP contribution in [0.2, 0.25) is 0 Å². The molecule has 1 aliphatic rings. The number of aliphatic carboxylic acids is 1. The Balaban J connectivity index is 2.18. The van der Waals surface area contributed by atoms with Crippen LogP contribution in [-0.2, 0) is 14.8 Å². The van der Waals surface area contributed by atoms with E-state index >= 15 is 0 Å². The number of benzene rings is 1. The highest BCUT2D eigenvalue weighted by Crippen LogP contribution is 2.22. The van der Waals surface area contributed by atoms with Gasteiger partial charge in [0.1, 0.15) is 0 Å². The molecule has 1 atom stereocenters. The molecular weight excluding hydrogens is 360 g/mol. The van der Waals surface area contributed by atoms with Crippen molar-refractivity contribution in [3.05, 3.63) is 29.3 Å². The van der Waals surface area contributed by atoms with Crippen molar-refractivity contribution < 1.29 is 28.2 Å². The van der Waals surface area contributed by atoms with E-state index in [1.165, 1.54) is 18.2 Å². The molecule has 1 fully saturated rings. The van der Waals surface area contributed by atoms with E-state index in [1.807, 2.05) is 0 Å². The van der Waals surface area contributed by atoms with Gasteiger partial charge in [0.05, 0.1) is 11.4 Å². The van der Waals surface area contributed by atoms with Gasteiger partial charge >= 0.3 is 5.97 Å². The summed E-state index contributed by atoms with van der Waals surface area (Å²) in [4.78, 5) is 23.1. The van der Waals surface area contributed by atoms with Crippen LogP contribution in [0.4, 0.5) is 0 Å². The molecule has 26 heavy (non-hydrogen) atoms. The van der Waals surface area contributed by atoms with Gasteiger partial charge in [-0.05, 0) is 44.4 Å². The summed E-state index contributed by atoms with van der Waals surface area (Å²) in [7, 11) is -3.76. The second-order valence-electron chi connectivity index (χ2n) is 6.84. The molecule has 0 radical (unpaired) electrons. The third-order valence-corrected chi connectivity index (χ3v) is 6.13. The van der Waals surface area contributed by atoms with Crippen molar-refractivity contribution in [3.63, 3.8) is 0 Å². The largest absolute Gasteiger partial charge is 0.479 e. The topological polar surface area (TPSA) is 133 Å². The molecule has 0 bridgehead atoms. The highest BCUT2D eigenvalue weighted by Gasteiger charge is 2.31. The number of carboxylic acids is 1. The first kappa shape index (κ1) is 20.3. The molecule has 0 aliphatic heterocycles. The average molecular weight is 384 g/mol. The van der Waals surface area contributed by atoms with E-state index in [2.05, 4.69) is 10.0 Å². The van der Waals surface area contributed by atoms with Crippen LogP contribution in [0, 0.1) is 6.92 Å². The molecule has 4 N–H and O–H groups in total. The molecule has 9 heteroatoms. The van der Waals surface area contributed by atoms with E-state index in [4.69, 9.17) is 5.11 Å². The summed E-state index contributed by atoms with van der Waals surface area (Å²) in [5, 5.41) is 20.8. The van der Waals surface area contributed by atoms with Crippen molar-refractivity contribution in [3.8, 4) is 0 Å². The second-order valence-corrected chi connectivity index (χ2v) is 8.53. The summed E-state index contributed by atoms with van der Waals surface area (Å²) >= 11 is 0. The maximum atomic E-state index is 12.6. The van der Waals surface area contributed by atoms with Crippen LogP contribution in [0.5, 0.6) is 0 Å². The fraction of sp³-hybridized carbons (Fsp3) is 0.529. The lowest BCUT2D eigenvalue weighted by atomic mass is 10.1. The van der Waals surface area contributed by atoms with Crippen LogP contribution >= 0.6 is 0 Å². The molecule has 0 heterocycles. The number of aliphatic hydroxyl groups is 1. The first-order valence-electron chi connectivity index (χ1n) is 8.40. The second kappa shape index (κ2) is 7.73. The van der Waals surface area contributed by atoms with Crippen molar-refractivity contribution in [1.82, 2.24) is 10.0 Å². The maximum absolute atomic E-state index is 12.6. The minimum atomic E-state index is -3.76. The zero-order valence-corrected chi connectivity index (χ0v) is 15.6. The Labute approximate surface area is 152 Å². The van der Waals surface area contributed by atoms with E-state index in [-0.39, 0.29) is 16.5 Å². The lowest BCUT2D eigenvalue weighted by molar-refractivity contribution is -0.155. The van der Waals surface area contributed by atoms with Gasteiger partial charge in [-0.15, -0.1) is 0 Å². The van der Waals surface area contributed by atoms with Crippen LogP contribution in [0.1, 0.15) is 48.5 Å². The summed E-state index contributed by atoms with van der Waals surface area (Å²) in [6.07, 6.45) is 3.56. The first-order chi connectivity index (χ1) is 12.0. The molecule has 0 aromatic heterocycles. The van der Waals surface area contributed by atoms with Gasteiger partial charge in [-0.1, -0.05) is 18.9 Å². The number of carbonyl (C=O) groups excluding carboxylic acids is 1. The van der Waals surface area contributed by atoms with E-state index in [0.717, 1.165) is 32.6 Å². The highest BCUT2D eigenvalue weighted by molar-refractivity contribution is 7.89. The third kappa shape index (κ3) is 4.80. The van der Waals surface area contributed by atoms with Gasteiger partial charge in [0.2, 0.25) is 10.0 Å². The quantitative estimate of drug-likeness (QED) is 0.549. The standard InChI is InChI=1S/C17H24N2O6S/c1-11-7-8-12(15(20)18-10-17(2,23)16(21)22)9-14(11)26(24,25)19-13-5-3-4-6-13/h7-9,13,19,23H,3-6,10H2,1-2H3,(H,18,20)(H,21,22). The molecule has 1 saturated carbocycles. The number of hydrogen-bond acceptors (Lipinski definition) is 5. The van der Waals surface area contributed by atoms with Gasteiger partial charge < -0.3 is 15.5 Å². The predicted octanol–water partition coefficient (Wildman–Crippen LogP) is 0.781. The summed E-state index contributed by atoms with van der Waals surface area (Å²) in [6.45, 7) is 2.20. The van der Waals surface area contributed by atoms with E-state index in [9.17, 15) is 23.1 Å². The predicted molar refractivity (Wildman–Crippen MR) is 94.3 cm³/mol. The lowest BCUT2D eigenvalue weighted by Crippen LogP contribution is -2.46. The van der Waals surface area contributed by atoms with Crippen molar-refractivity contribution in [1.29, 1.82) is 0 Å². The van der Waals surface area contributed by atoms with Gasteiger partial charge in [0.15, 0.2) is 5.60 Å². The molecule has 0 spiro atoms. The van der Waals surface area contributed by atoms with Crippen molar-refractivity contribution >= 4 is 21.9 Å². The Kier molecular flexibility index (Phi) is 6.05. The average Bonchev–Trinajstić information content (AvgIpc) is 3.05. The monoisotopic (exact) mass is 384 g/mol. The lowest BCUT2D eigenvalue weighted by Gasteiger charge is -2.19. The van der Waals surface area contributed by atoms with Crippen LogP contribution in [0.25, 0.3) is 0 Å². The Morgan fingerprint density at radius 3 is 2.46 bits per heavy atom. The molecule has 2 rings (SSSR count). The molecule has 0 saturated heterocycles. The minimum Gasteiger partial charge on any atom is -0.479 e. The minimum absolute atomic E-state index is 0.0158. The number of nitrogens with one attached hydrogen (secondary N) is 2. The number of carboxylic acid groups (broad SMARTS) is 1. The van der Waals surface area contributed by atoms with Crippen LogP contribution in [0.15, 0.2) is 23.1 Å². The molecule has 8 nitrogen and oxygen atoms in total. The van der Waals surface area contributed by atoms with Gasteiger partial charge in [-0.2, -0.15) is 0 Å². The summed E-state index contributed by atoms with van der Waals surface area (Å²) in [5.41, 5.74) is -1.53. The maximum Gasteiger partial charge on any atom is 0.337 e. The van der Waals surface area contributed by atoms with Crippen molar-refractivity contribution in [2.24, 2.45) is 0 Å². The van der Waals surface area contributed by atoms with E-state index < -0.39 is 34.0 Å². The molecule has 1 amide bonds. The fourth-order valence-electron chi connectivity index (χ4n) is 2.79. The molecule has 144 valence electrons. The molecule has 1 unspecified atom stereocenters. The smallest absolute Gasteiger partial charge is 0.337 e. The van der Waals surface area contributed by atoms with Gasteiger partial charge in [-0.25, -0.2) is 17.9 Å². The normalized spacial score (nSPS) is 17.7. The number of rotatable bonds is 7. The van der Waals surface area contributed by atoms with Crippen molar-refractivity contribution in [2.45, 2.75) is 56.1 Å². The van der Waals surface area contributed by atoms with Crippen LogP contribution in [-0.4, -0.2) is 48.7 Å². The number of sulfonamides is 1. The molecule has 1 aliphatic carbocycles. The zero-order valence-electron chi connectivity index (χ0n) is 14.8. The number of hydrogen-bond donors (Lipinski definition) is 4. The Bertz CT molecular complexity index is 797. The van der Waals surface area contributed by atoms with E-state index in [1.54, 1.807) is 6.92 Å². The van der Waals surface area contributed by atoms with Gasteiger partial charge in [0, 0.05) is 11.6 Å². The van der Waals surface area contributed by atoms with Crippen LogP contribution in [0.3, 0.4) is 0 Å². The fourth-order valence-corrected chi connectivity index (χ4v) is 4.36. The Morgan fingerprint density at radius 2 is 1.88 bits per heavy atom. The summed E-state index contributed by atoms with van der Waals surface area (Å²) in [5.74, 6) is -2.13. The SMILES string of the molecule is Cc1ccc(C(=O)NCC(C)(O)C(=O)O)cc1S(=O)(=O)NC1CCCC1. The summed E-state index contributed by atoms with van der Waals surface area (Å²) in [6, 6.07) is 4.14. The third-order valence-electron chi connectivity index (χ3n) is 4.47. The Hall–Kier alpha value is -1.97.